The lowest BCUT2D eigenvalue weighted by atomic mass is 10.0. The van der Waals surface area contributed by atoms with Crippen LogP contribution >= 0.6 is 0 Å². The van der Waals surface area contributed by atoms with Crippen LogP contribution in [0.1, 0.15) is 323 Å². The van der Waals surface area contributed by atoms with Crippen LogP contribution in [0.3, 0.4) is 0 Å². The van der Waals surface area contributed by atoms with Gasteiger partial charge >= 0.3 is 17.9 Å². The molecule has 0 aromatic heterocycles. The maximum atomic E-state index is 12.9. The summed E-state index contributed by atoms with van der Waals surface area (Å²) >= 11 is 0. The van der Waals surface area contributed by atoms with Gasteiger partial charge in [0, 0.05) is 19.3 Å². The summed E-state index contributed by atoms with van der Waals surface area (Å²) in [7, 11) is 0. The van der Waals surface area contributed by atoms with E-state index in [0.717, 1.165) is 70.6 Å². The van der Waals surface area contributed by atoms with E-state index in [1.807, 2.05) is 0 Å². The average molecular weight is 956 g/mol. The predicted molar refractivity (Wildman–Crippen MR) is 293 cm³/mol. The van der Waals surface area contributed by atoms with Crippen molar-refractivity contribution in [3.63, 3.8) is 0 Å². The number of unbranched alkanes of at least 4 members (excludes halogenated alkanes) is 39. The first-order valence-corrected chi connectivity index (χ1v) is 30.0. The molecule has 0 aliphatic heterocycles. The highest BCUT2D eigenvalue weighted by atomic mass is 16.6. The zero-order valence-electron chi connectivity index (χ0n) is 45.6. The van der Waals surface area contributed by atoms with E-state index < -0.39 is 6.10 Å². The number of hydrogen-bond donors (Lipinski definition) is 0. The fraction of sp³-hybridized carbons (Fsp3) is 0.855. The molecule has 0 rings (SSSR count). The van der Waals surface area contributed by atoms with Crippen molar-refractivity contribution < 1.29 is 28.6 Å². The van der Waals surface area contributed by atoms with Crippen molar-refractivity contribution in [3.05, 3.63) is 36.5 Å². The Morgan fingerprint density at radius 1 is 0.294 bits per heavy atom. The second-order valence-electron chi connectivity index (χ2n) is 20.3. The molecule has 0 saturated carbocycles. The molecule has 0 aliphatic carbocycles. The minimum absolute atomic E-state index is 0.0804. The second kappa shape index (κ2) is 57.2. The minimum Gasteiger partial charge on any atom is -0.462 e. The molecule has 0 heterocycles. The average Bonchev–Trinajstić information content (AvgIpc) is 3.34. The molecule has 68 heavy (non-hydrogen) atoms. The normalized spacial score (nSPS) is 12.2. The van der Waals surface area contributed by atoms with E-state index in [1.165, 1.54) is 212 Å². The van der Waals surface area contributed by atoms with Crippen LogP contribution in [0.25, 0.3) is 0 Å². The predicted octanol–water partition coefficient (Wildman–Crippen LogP) is 20.0. The van der Waals surface area contributed by atoms with Gasteiger partial charge in [0.15, 0.2) is 6.10 Å². The van der Waals surface area contributed by atoms with Crippen molar-refractivity contribution in [1.29, 1.82) is 0 Å². The summed E-state index contributed by atoms with van der Waals surface area (Å²) in [5, 5.41) is 0. The summed E-state index contributed by atoms with van der Waals surface area (Å²) in [6.07, 6.45) is 68.5. The van der Waals surface area contributed by atoms with Gasteiger partial charge in [0.2, 0.25) is 0 Å². The standard InChI is InChI=1S/C62H114O6/c1-4-7-10-13-16-19-22-25-28-30-31-32-35-37-40-43-46-49-52-55-61(64)67-58-59(57-66-60(63)54-51-48-45-42-39-36-33-27-24-21-18-15-12-9-6-3)68-62(65)56-53-50-47-44-41-38-34-29-26-23-20-17-14-11-8-5-2/h21,24,29,34,38,41,59H,4-20,22-23,25-28,30-33,35-37,39-40,42-58H2,1-3H3/b24-21-,34-29-,41-38-. The quantitative estimate of drug-likeness (QED) is 0.0199. The van der Waals surface area contributed by atoms with E-state index in [9.17, 15) is 14.4 Å². The molecule has 6 heteroatoms. The number of allylic oxidation sites excluding steroid dienone is 6. The molecule has 398 valence electrons. The van der Waals surface area contributed by atoms with Gasteiger partial charge in [-0.2, -0.15) is 0 Å². The van der Waals surface area contributed by atoms with Gasteiger partial charge in [-0.3, -0.25) is 14.4 Å². The largest absolute Gasteiger partial charge is 0.462 e. The van der Waals surface area contributed by atoms with E-state index in [4.69, 9.17) is 14.2 Å². The Kier molecular flexibility index (Phi) is 55.2. The highest BCUT2D eigenvalue weighted by Gasteiger charge is 2.19. The van der Waals surface area contributed by atoms with Crippen molar-refractivity contribution >= 4 is 17.9 Å². The Balaban J connectivity index is 4.36. The Morgan fingerprint density at radius 3 is 0.853 bits per heavy atom. The molecule has 0 aromatic rings. The van der Waals surface area contributed by atoms with E-state index in [-0.39, 0.29) is 31.1 Å². The number of ether oxygens (including phenoxy) is 3. The van der Waals surface area contributed by atoms with Crippen molar-refractivity contribution in [2.45, 2.75) is 329 Å². The summed E-state index contributed by atoms with van der Waals surface area (Å²) in [5.41, 5.74) is 0. The molecular formula is C62H114O6. The van der Waals surface area contributed by atoms with E-state index >= 15 is 0 Å². The lowest BCUT2D eigenvalue weighted by molar-refractivity contribution is -0.167. The van der Waals surface area contributed by atoms with Crippen molar-refractivity contribution in [3.8, 4) is 0 Å². The Morgan fingerprint density at radius 2 is 0.529 bits per heavy atom. The van der Waals surface area contributed by atoms with Crippen LogP contribution in [0.15, 0.2) is 36.5 Å². The zero-order chi connectivity index (χ0) is 49.3. The fourth-order valence-corrected chi connectivity index (χ4v) is 8.84. The molecule has 0 radical (unpaired) electrons. The van der Waals surface area contributed by atoms with E-state index in [1.54, 1.807) is 0 Å². The molecule has 1 unspecified atom stereocenters. The number of carbonyl (C=O) groups is 3. The molecule has 0 amide bonds. The fourth-order valence-electron chi connectivity index (χ4n) is 8.84. The van der Waals surface area contributed by atoms with Crippen LogP contribution in [0, 0.1) is 0 Å². The summed E-state index contributed by atoms with van der Waals surface area (Å²) in [4.78, 5) is 38.2. The maximum Gasteiger partial charge on any atom is 0.306 e. The third-order valence-corrected chi connectivity index (χ3v) is 13.4. The molecule has 0 bridgehead atoms. The van der Waals surface area contributed by atoms with Gasteiger partial charge in [0.1, 0.15) is 13.2 Å². The zero-order valence-corrected chi connectivity index (χ0v) is 45.6. The van der Waals surface area contributed by atoms with Gasteiger partial charge in [-0.15, -0.1) is 0 Å². The minimum atomic E-state index is -0.785. The smallest absolute Gasteiger partial charge is 0.306 e. The second-order valence-corrected chi connectivity index (χ2v) is 20.3. The first-order valence-electron chi connectivity index (χ1n) is 30.0. The van der Waals surface area contributed by atoms with Crippen LogP contribution < -0.4 is 0 Å². The first-order chi connectivity index (χ1) is 33.5. The Labute approximate surface area is 423 Å². The number of rotatable bonds is 55. The lowest BCUT2D eigenvalue weighted by Crippen LogP contribution is -2.30. The van der Waals surface area contributed by atoms with Crippen molar-refractivity contribution in [2.75, 3.05) is 13.2 Å². The number of carbonyl (C=O) groups excluding carboxylic acids is 3. The first kappa shape index (κ1) is 65.6. The molecule has 0 N–H and O–H groups in total. The highest BCUT2D eigenvalue weighted by molar-refractivity contribution is 5.71. The van der Waals surface area contributed by atoms with E-state index in [0.29, 0.717) is 19.3 Å². The molecule has 6 nitrogen and oxygen atoms in total. The lowest BCUT2D eigenvalue weighted by Gasteiger charge is -2.18. The number of hydrogen-bond acceptors (Lipinski definition) is 6. The third-order valence-electron chi connectivity index (χ3n) is 13.4. The summed E-state index contributed by atoms with van der Waals surface area (Å²) < 4.78 is 16.9. The van der Waals surface area contributed by atoms with Gasteiger partial charge in [-0.25, -0.2) is 0 Å². The highest BCUT2D eigenvalue weighted by Crippen LogP contribution is 2.17. The van der Waals surface area contributed by atoms with Crippen LogP contribution in [-0.2, 0) is 28.6 Å². The molecule has 0 aliphatic rings. The van der Waals surface area contributed by atoms with E-state index in [2.05, 4.69) is 57.2 Å². The van der Waals surface area contributed by atoms with Gasteiger partial charge in [0.25, 0.3) is 0 Å². The Bertz CT molecular complexity index is 1140. The van der Waals surface area contributed by atoms with Gasteiger partial charge < -0.3 is 14.2 Å². The number of esters is 3. The van der Waals surface area contributed by atoms with Crippen LogP contribution in [0.2, 0.25) is 0 Å². The molecule has 0 fully saturated rings. The van der Waals surface area contributed by atoms with Gasteiger partial charge in [-0.1, -0.05) is 269 Å². The molecule has 0 spiro atoms. The summed E-state index contributed by atoms with van der Waals surface area (Å²) in [6, 6.07) is 0. The third kappa shape index (κ3) is 54.6. The molecule has 0 saturated heterocycles. The van der Waals surface area contributed by atoms with Gasteiger partial charge in [0.05, 0.1) is 0 Å². The van der Waals surface area contributed by atoms with Crippen LogP contribution in [0.5, 0.6) is 0 Å². The molecular weight excluding hydrogens is 841 g/mol. The Hall–Kier alpha value is -2.37. The summed E-state index contributed by atoms with van der Waals surface area (Å²) in [5.74, 6) is -0.892. The van der Waals surface area contributed by atoms with Crippen LogP contribution in [0.4, 0.5) is 0 Å². The van der Waals surface area contributed by atoms with Crippen molar-refractivity contribution in [1.82, 2.24) is 0 Å². The topological polar surface area (TPSA) is 78.9 Å². The van der Waals surface area contributed by atoms with Gasteiger partial charge in [-0.05, 0) is 70.6 Å². The van der Waals surface area contributed by atoms with Crippen LogP contribution in [-0.4, -0.2) is 37.2 Å². The maximum absolute atomic E-state index is 12.9. The SMILES string of the molecule is CCCCCC/C=C\CCCCCCCCCC(=O)OCC(COC(=O)CCCCCCCCCCCCCCCCCCCCC)OC(=O)CCCCC/C=C\C=C/CCCCCCCCC. The monoisotopic (exact) mass is 955 g/mol. The summed E-state index contributed by atoms with van der Waals surface area (Å²) in [6.45, 7) is 6.64. The molecule has 0 aromatic carbocycles. The molecule has 1 atom stereocenters. The van der Waals surface area contributed by atoms with Crippen molar-refractivity contribution in [2.24, 2.45) is 0 Å².